The lowest BCUT2D eigenvalue weighted by atomic mass is 9.89. The van der Waals surface area contributed by atoms with E-state index in [1.54, 1.807) is 37.4 Å². The first-order valence-corrected chi connectivity index (χ1v) is 16.6. The lowest BCUT2D eigenvalue weighted by Crippen LogP contribution is -2.52. The molecule has 1 saturated heterocycles. The van der Waals surface area contributed by atoms with Gasteiger partial charge in [-0.3, -0.25) is 14.5 Å². The zero-order valence-corrected chi connectivity index (χ0v) is 27.4. The minimum Gasteiger partial charge on any atom is -0.495 e. The van der Waals surface area contributed by atoms with Crippen LogP contribution in [0.1, 0.15) is 69.7 Å². The van der Waals surface area contributed by atoms with Crippen molar-refractivity contribution in [2.45, 2.75) is 77.4 Å². The molecule has 1 aromatic heterocycles. The van der Waals surface area contributed by atoms with Crippen LogP contribution in [0.4, 0.5) is 23.1 Å². The summed E-state index contributed by atoms with van der Waals surface area (Å²) in [5.41, 5.74) is 2.42. The van der Waals surface area contributed by atoms with Gasteiger partial charge in [0.25, 0.3) is 11.8 Å². The molecule has 0 atom stereocenters. The Morgan fingerprint density at radius 3 is 2.47 bits per heavy atom. The van der Waals surface area contributed by atoms with E-state index in [0.29, 0.717) is 46.2 Å². The van der Waals surface area contributed by atoms with Crippen LogP contribution in [0.3, 0.4) is 0 Å². The van der Waals surface area contributed by atoms with Crippen molar-refractivity contribution in [3.05, 3.63) is 41.7 Å². The maximum atomic E-state index is 13.3. The summed E-state index contributed by atoms with van der Waals surface area (Å²) in [7, 11) is 3.32. The molecule has 242 valence electrons. The van der Waals surface area contributed by atoms with E-state index in [0.717, 1.165) is 31.6 Å². The zero-order chi connectivity index (χ0) is 31.7. The van der Waals surface area contributed by atoms with Crippen LogP contribution in [0.25, 0.3) is 0 Å². The standard InChI is InChI=1S/C34H48N8O3/c1-6-28-33(44)39(4)29-20-35-34(38-31(29)42(28)22(2)3)37-27-14-9-24(19-30(27)45-5)32(43)36-25-10-12-26(13-11-25)41-17-15-40(16-18-41)21-23-7-8-23/h6,9,14,19-20,22-23,25-26H,7-8,10-13,15-18,21H2,1-5H3,(H,36,43)(H,35,37,38)/b28-6+/t25-,26-. The summed E-state index contributed by atoms with van der Waals surface area (Å²) in [4.78, 5) is 44.3. The molecule has 2 aromatic rings. The predicted octanol–water partition coefficient (Wildman–Crippen LogP) is 4.39. The third-order valence-corrected chi connectivity index (χ3v) is 9.79. The summed E-state index contributed by atoms with van der Waals surface area (Å²) in [5, 5.41) is 6.53. The Kier molecular flexibility index (Phi) is 9.28. The molecule has 2 aliphatic carbocycles. The van der Waals surface area contributed by atoms with E-state index in [2.05, 4.69) is 25.4 Å². The molecule has 45 heavy (non-hydrogen) atoms. The van der Waals surface area contributed by atoms with Gasteiger partial charge in [-0.2, -0.15) is 4.98 Å². The lowest BCUT2D eigenvalue weighted by molar-refractivity contribution is -0.115. The van der Waals surface area contributed by atoms with Gasteiger partial charge in [-0.05, 0) is 83.4 Å². The Hall–Kier alpha value is -3.70. The van der Waals surface area contributed by atoms with Crippen LogP contribution >= 0.6 is 0 Å². The third kappa shape index (κ3) is 6.79. The number of likely N-dealkylation sites (N-methyl/N-ethyl adjacent to an activating group) is 1. The highest BCUT2D eigenvalue weighted by Crippen LogP contribution is 2.38. The number of hydrogen-bond donors (Lipinski definition) is 2. The second kappa shape index (κ2) is 13.3. The predicted molar refractivity (Wildman–Crippen MR) is 177 cm³/mol. The molecule has 2 saturated carbocycles. The highest BCUT2D eigenvalue weighted by Gasteiger charge is 2.35. The molecule has 4 aliphatic rings. The number of allylic oxidation sites excluding steroid dienone is 1. The summed E-state index contributed by atoms with van der Waals surface area (Å²) in [5.74, 6) is 2.33. The van der Waals surface area contributed by atoms with Gasteiger partial charge in [-0.25, -0.2) is 4.98 Å². The number of carbonyl (C=O) groups is 2. The SMILES string of the molecule is C/C=C1\C(=O)N(C)c2cnc(Nc3ccc(C(=O)N[C@H]4CC[C@H](N5CCN(CC6CC6)CC5)CC4)cc3OC)nc2N1C(C)C. The summed E-state index contributed by atoms with van der Waals surface area (Å²) < 4.78 is 5.67. The monoisotopic (exact) mass is 616 g/mol. The summed E-state index contributed by atoms with van der Waals surface area (Å²) in [6, 6.07) is 6.22. The number of amides is 2. The van der Waals surface area contributed by atoms with Gasteiger partial charge in [0.05, 0.1) is 19.0 Å². The fourth-order valence-corrected chi connectivity index (χ4v) is 7.01. The fourth-order valence-electron chi connectivity index (χ4n) is 7.01. The summed E-state index contributed by atoms with van der Waals surface area (Å²) in [6.07, 6.45) is 10.6. The van der Waals surface area contributed by atoms with E-state index in [-0.39, 0.29) is 23.9 Å². The molecular formula is C34H48N8O3. The number of nitrogens with one attached hydrogen (secondary N) is 2. The number of nitrogens with zero attached hydrogens (tertiary/aromatic N) is 6. The number of piperazine rings is 1. The second-order valence-electron chi connectivity index (χ2n) is 13.2. The van der Waals surface area contributed by atoms with Gasteiger partial charge in [0.15, 0.2) is 5.82 Å². The maximum Gasteiger partial charge on any atom is 0.274 e. The molecule has 0 unspecified atom stereocenters. The number of methoxy groups -OCH3 is 1. The molecular weight excluding hydrogens is 568 g/mol. The molecule has 3 heterocycles. The van der Waals surface area contributed by atoms with Gasteiger partial charge in [-0.15, -0.1) is 0 Å². The quantitative estimate of drug-likeness (QED) is 0.397. The average molecular weight is 617 g/mol. The molecule has 11 nitrogen and oxygen atoms in total. The zero-order valence-electron chi connectivity index (χ0n) is 27.4. The van der Waals surface area contributed by atoms with Gasteiger partial charge in [0.1, 0.15) is 17.1 Å². The van der Waals surface area contributed by atoms with Crippen LogP contribution in [0.2, 0.25) is 0 Å². The van der Waals surface area contributed by atoms with E-state index in [1.165, 1.54) is 45.6 Å². The molecule has 2 N–H and O–H groups in total. The Balaban J connectivity index is 1.06. The van der Waals surface area contributed by atoms with Crippen molar-refractivity contribution in [2.24, 2.45) is 5.92 Å². The van der Waals surface area contributed by atoms with Crippen molar-refractivity contribution in [3.8, 4) is 5.75 Å². The van der Waals surface area contributed by atoms with Crippen LogP contribution < -0.4 is 25.2 Å². The van der Waals surface area contributed by atoms with Gasteiger partial charge >= 0.3 is 0 Å². The van der Waals surface area contributed by atoms with Crippen LogP contribution in [0.15, 0.2) is 36.2 Å². The second-order valence-corrected chi connectivity index (χ2v) is 13.2. The van der Waals surface area contributed by atoms with E-state index < -0.39 is 0 Å². The average Bonchev–Trinajstić information content (AvgIpc) is 3.87. The Bertz CT molecular complexity index is 1420. The first-order valence-electron chi connectivity index (χ1n) is 16.6. The number of rotatable bonds is 9. The molecule has 1 aromatic carbocycles. The number of benzene rings is 1. The van der Waals surface area contributed by atoms with Crippen LogP contribution in [-0.4, -0.2) is 96.6 Å². The highest BCUT2D eigenvalue weighted by atomic mass is 16.5. The van der Waals surface area contributed by atoms with E-state index in [1.807, 2.05) is 37.8 Å². The van der Waals surface area contributed by atoms with E-state index >= 15 is 0 Å². The van der Waals surface area contributed by atoms with E-state index in [9.17, 15) is 9.59 Å². The number of ether oxygens (including phenoxy) is 1. The first-order chi connectivity index (χ1) is 21.7. The van der Waals surface area contributed by atoms with Crippen molar-refractivity contribution in [1.29, 1.82) is 0 Å². The number of carbonyl (C=O) groups excluding carboxylic acids is 2. The van der Waals surface area contributed by atoms with Gasteiger partial charge < -0.3 is 30.1 Å². The minimum absolute atomic E-state index is 0.0186. The first kappa shape index (κ1) is 31.3. The number of hydrogen-bond acceptors (Lipinski definition) is 9. The highest BCUT2D eigenvalue weighted by molar-refractivity contribution is 6.12. The topological polar surface area (TPSA) is 106 Å². The van der Waals surface area contributed by atoms with Crippen LogP contribution in [0.5, 0.6) is 5.75 Å². The maximum absolute atomic E-state index is 13.3. The van der Waals surface area contributed by atoms with Gasteiger partial charge in [0, 0.05) is 63.5 Å². The van der Waals surface area contributed by atoms with Crippen molar-refractivity contribution in [2.75, 3.05) is 62.0 Å². The fraction of sp³-hybridized carbons (Fsp3) is 0.588. The molecule has 3 fully saturated rings. The molecule has 2 aliphatic heterocycles. The molecule has 11 heteroatoms. The Morgan fingerprint density at radius 1 is 1.09 bits per heavy atom. The van der Waals surface area contributed by atoms with Crippen molar-refractivity contribution < 1.29 is 14.3 Å². The Morgan fingerprint density at radius 2 is 1.82 bits per heavy atom. The minimum atomic E-state index is -0.0935. The molecule has 2 amide bonds. The molecule has 6 rings (SSSR count). The van der Waals surface area contributed by atoms with Crippen molar-refractivity contribution >= 4 is 35.0 Å². The number of anilines is 4. The normalized spacial score (nSPS) is 23.8. The van der Waals surface area contributed by atoms with Gasteiger partial charge in [0.2, 0.25) is 5.95 Å². The van der Waals surface area contributed by atoms with Gasteiger partial charge in [-0.1, -0.05) is 6.08 Å². The summed E-state index contributed by atoms with van der Waals surface area (Å²) in [6.45, 7) is 12.0. The van der Waals surface area contributed by atoms with Crippen molar-refractivity contribution in [3.63, 3.8) is 0 Å². The molecule has 0 radical (unpaired) electrons. The van der Waals surface area contributed by atoms with Crippen LogP contribution in [0, 0.1) is 5.92 Å². The number of aromatic nitrogens is 2. The lowest BCUT2D eigenvalue weighted by Gasteiger charge is -2.42. The molecule has 0 spiro atoms. The number of fused-ring (bicyclic) bond motifs is 1. The van der Waals surface area contributed by atoms with E-state index in [4.69, 9.17) is 9.72 Å². The smallest absolute Gasteiger partial charge is 0.274 e. The largest absolute Gasteiger partial charge is 0.495 e. The Labute approximate surface area is 267 Å². The molecule has 0 bridgehead atoms. The van der Waals surface area contributed by atoms with Crippen molar-refractivity contribution in [1.82, 2.24) is 25.1 Å². The summed E-state index contributed by atoms with van der Waals surface area (Å²) >= 11 is 0. The third-order valence-electron chi connectivity index (χ3n) is 9.79. The van der Waals surface area contributed by atoms with Crippen LogP contribution in [-0.2, 0) is 4.79 Å².